The van der Waals surface area contributed by atoms with E-state index >= 15 is 4.39 Å². The van der Waals surface area contributed by atoms with Gasteiger partial charge in [-0.05, 0) is 11.8 Å². The van der Waals surface area contributed by atoms with Crippen molar-refractivity contribution in [1.29, 1.82) is 0 Å². The van der Waals surface area contributed by atoms with Crippen LogP contribution in [0.25, 0.3) is 22.3 Å². The Balaban J connectivity index is 1.20. The van der Waals surface area contributed by atoms with Crippen molar-refractivity contribution < 1.29 is 46.5 Å². The number of aromatic amines is 1. The first-order valence-electron chi connectivity index (χ1n) is 12.7. The van der Waals surface area contributed by atoms with Gasteiger partial charge in [-0.25, -0.2) is 33.9 Å². The Kier molecular flexibility index (Phi) is 7.63. The third-order valence-corrected chi connectivity index (χ3v) is 10.4. The van der Waals surface area contributed by atoms with Crippen molar-refractivity contribution in [2.45, 2.75) is 49.1 Å². The third-order valence-electron chi connectivity index (χ3n) is 7.19. The van der Waals surface area contributed by atoms with Crippen LogP contribution in [0.1, 0.15) is 12.5 Å². The van der Waals surface area contributed by atoms with Crippen LogP contribution >= 0.6 is 25.8 Å². The molecule has 236 valence electrons. The lowest BCUT2D eigenvalue weighted by atomic mass is 10.1. The fourth-order valence-electron chi connectivity index (χ4n) is 5.18. The predicted molar refractivity (Wildman–Crippen MR) is 151 cm³/mol. The highest BCUT2D eigenvalue weighted by atomic mass is 32.7. The van der Waals surface area contributed by atoms with Crippen molar-refractivity contribution in [3.8, 4) is 0 Å². The van der Waals surface area contributed by atoms with E-state index in [1.807, 2.05) is 0 Å². The summed E-state index contributed by atoms with van der Waals surface area (Å²) in [5, 5.41) is 11.1. The smallest absolute Gasteiger partial charge is 0.386 e. The molecule has 10 atom stereocenters. The summed E-state index contributed by atoms with van der Waals surface area (Å²) in [6, 6.07) is 0. The van der Waals surface area contributed by atoms with Crippen molar-refractivity contribution in [3.63, 3.8) is 0 Å². The molecule has 4 aromatic rings. The van der Waals surface area contributed by atoms with Gasteiger partial charge in [-0.2, -0.15) is 0 Å². The lowest BCUT2D eigenvalue weighted by Crippen LogP contribution is -2.35. The normalized spacial score (nSPS) is 38.3. The summed E-state index contributed by atoms with van der Waals surface area (Å²) in [6.45, 7) is -9.82. The van der Waals surface area contributed by atoms with Gasteiger partial charge in [0, 0.05) is 0 Å². The number of ether oxygens (including phenoxy) is 2. The molecular weight excluding hydrogens is 671 g/mol. The Morgan fingerprint density at radius 1 is 1.00 bits per heavy atom. The summed E-state index contributed by atoms with van der Waals surface area (Å²) in [5.74, 6) is 0.0549. The van der Waals surface area contributed by atoms with Crippen molar-refractivity contribution in [2.24, 2.45) is 0 Å². The van der Waals surface area contributed by atoms with Gasteiger partial charge in [-0.15, -0.1) is 0 Å². The highest BCUT2D eigenvalue weighted by Crippen LogP contribution is 2.58. The maximum absolute atomic E-state index is 16.0. The molecular formula is C20H22FN9O10P2S2. The largest absolute Gasteiger partial charge is 0.387 e. The number of hydrogen-bond donors (Lipinski definition) is 5. The minimum Gasteiger partial charge on any atom is -0.387 e. The van der Waals surface area contributed by atoms with Gasteiger partial charge < -0.3 is 34.7 Å². The summed E-state index contributed by atoms with van der Waals surface area (Å²) in [7, 11) is 0. The summed E-state index contributed by atoms with van der Waals surface area (Å²) >= 11 is 9.22. The maximum atomic E-state index is 16.0. The number of imidazole rings is 2. The van der Waals surface area contributed by atoms with Gasteiger partial charge >= 0.3 is 13.5 Å². The van der Waals surface area contributed by atoms with E-state index in [4.69, 9.17) is 45.1 Å². The average Bonchev–Trinajstić information content (AvgIpc) is 3.73. The van der Waals surface area contributed by atoms with E-state index in [1.54, 1.807) is 0 Å². The van der Waals surface area contributed by atoms with Crippen LogP contribution in [-0.4, -0.2) is 98.9 Å². The molecule has 2 unspecified atom stereocenters. The number of aliphatic hydroxyl groups is 1. The number of halogens is 1. The van der Waals surface area contributed by atoms with Gasteiger partial charge in [0.25, 0.3) is 5.56 Å². The van der Waals surface area contributed by atoms with Gasteiger partial charge in [0.1, 0.15) is 42.4 Å². The number of nitrogens with one attached hydrogen (secondary N) is 1. The molecule has 3 saturated heterocycles. The number of hydrogen-bond acceptors (Lipinski definition) is 16. The number of alkyl halides is 1. The van der Waals surface area contributed by atoms with Crippen molar-refractivity contribution in [2.75, 3.05) is 18.9 Å². The lowest BCUT2D eigenvalue weighted by Gasteiger charge is -2.27. The van der Waals surface area contributed by atoms with Crippen LogP contribution in [0.2, 0.25) is 0 Å². The standard InChI is InChI=1S/C20H22FN9O10P2S2/c21-9-13-8(38-19(9)29-5-27-10-15(22)23-3-24-16(10)29)2-36-42(34,44)40-14-12(31)7(1-35-41(33,43)39-13)37-20(14)30-6-28-11-17(30)25-4-26-18(11)32/h3-9,12-14,19-20,31H,1-2H2,(H,33,43)(H,34,44)(H2,22,23,24)(H,25,26,32)/t7-,8-,9-,12-,13-,14-,19-,20-,41?,42?/m1/s1. The molecule has 3 fully saturated rings. The number of fused-ring (bicyclic) bond motifs is 5. The summed E-state index contributed by atoms with van der Waals surface area (Å²) in [6.07, 6.45) is -7.15. The first-order valence-corrected chi connectivity index (χ1v) is 18.0. The van der Waals surface area contributed by atoms with E-state index in [0.29, 0.717) is 0 Å². The maximum Gasteiger partial charge on any atom is 0.386 e. The third kappa shape index (κ3) is 5.27. The summed E-state index contributed by atoms with van der Waals surface area (Å²) in [4.78, 5) is 45.8. The second-order valence-electron chi connectivity index (χ2n) is 9.87. The molecule has 3 aliphatic heterocycles. The fraction of sp³-hybridized carbons (Fsp3) is 0.500. The molecule has 3 aliphatic rings. The monoisotopic (exact) mass is 693 g/mol. The van der Waals surface area contributed by atoms with Crippen LogP contribution in [0.15, 0.2) is 30.1 Å². The number of thiol groups is 1. The first-order chi connectivity index (χ1) is 20.9. The van der Waals surface area contributed by atoms with E-state index in [-0.39, 0.29) is 28.1 Å². The second-order valence-corrected chi connectivity index (χ2v) is 15.5. The van der Waals surface area contributed by atoms with Gasteiger partial charge in [0.15, 0.2) is 41.3 Å². The highest BCUT2D eigenvalue weighted by Gasteiger charge is 2.53. The summed E-state index contributed by atoms with van der Waals surface area (Å²) in [5.41, 5.74) is 5.68. The van der Waals surface area contributed by atoms with Gasteiger partial charge in [0.05, 0.1) is 32.2 Å². The molecule has 7 heterocycles. The van der Waals surface area contributed by atoms with Crippen LogP contribution < -0.4 is 11.3 Å². The molecule has 24 heteroatoms. The fourth-order valence-corrected chi connectivity index (χ4v) is 8.08. The molecule has 4 aromatic heterocycles. The van der Waals surface area contributed by atoms with Gasteiger partial charge in [0.2, 0.25) is 0 Å². The van der Waals surface area contributed by atoms with Crippen molar-refractivity contribution in [3.05, 3.63) is 35.7 Å². The molecule has 5 N–H and O–H groups in total. The van der Waals surface area contributed by atoms with Gasteiger partial charge in [-0.1, -0.05) is 12.2 Å². The molecule has 2 bridgehead atoms. The Bertz CT molecular complexity index is 1900. The topological polar surface area (TPSA) is 246 Å². The SMILES string of the molecule is Nc1ncnc2c1ncn2[C@@H]1O[C@@H]2COP(O)(=S)O[C@@H]3[C@H](O)[C@@H](COP(=O)(S)O[C@H]2[C@H]1F)O[C@H]3n1cnc2c(=O)[nH]cnc21. The van der Waals surface area contributed by atoms with Crippen LogP contribution in [-0.2, 0) is 43.9 Å². The van der Waals surface area contributed by atoms with Crippen LogP contribution in [0, 0.1) is 0 Å². The molecule has 0 saturated carbocycles. The molecule has 44 heavy (non-hydrogen) atoms. The van der Waals surface area contributed by atoms with Gasteiger partial charge in [-0.3, -0.25) is 27.5 Å². The molecule has 0 radical (unpaired) electrons. The van der Waals surface area contributed by atoms with Crippen LogP contribution in [0.5, 0.6) is 0 Å². The molecule has 7 rings (SSSR count). The zero-order valence-electron chi connectivity index (χ0n) is 21.8. The van der Waals surface area contributed by atoms with E-state index < -0.39 is 81.4 Å². The minimum atomic E-state index is -4.38. The van der Waals surface area contributed by atoms with Crippen LogP contribution in [0.4, 0.5) is 10.2 Å². The highest BCUT2D eigenvalue weighted by molar-refractivity contribution is 8.44. The zero-order valence-corrected chi connectivity index (χ0v) is 25.3. The van der Waals surface area contributed by atoms with E-state index in [2.05, 4.69) is 42.2 Å². The Labute approximate surface area is 254 Å². The Morgan fingerprint density at radius 3 is 2.48 bits per heavy atom. The van der Waals surface area contributed by atoms with E-state index in [1.165, 1.54) is 28.1 Å². The summed E-state index contributed by atoms with van der Waals surface area (Å²) < 4.78 is 65.8. The molecule has 0 aromatic carbocycles. The molecule has 0 aliphatic carbocycles. The van der Waals surface area contributed by atoms with E-state index in [0.717, 1.165) is 6.33 Å². The average molecular weight is 694 g/mol. The number of nitrogens with two attached hydrogens (primary N) is 1. The minimum absolute atomic E-state index is 0.0361. The number of aliphatic hydroxyl groups excluding tert-OH is 1. The quantitative estimate of drug-likeness (QED) is 0.138. The molecule has 0 amide bonds. The number of H-pyrrole nitrogens is 1. The number of rotatable bonds is 2. The number of nitrogens with zero attached hydrogens (tertiary/aromatic N) is 7. The first kappa shape index (κ1) is 30.2. The predicted octanol–water partition coefficient (Wildman–Crippen LogP) is 0.107. The Hall–Kier alpha value is -2.46. The van der Waals surface area contributed by atoms with E-state index in [9.17, 15) is 19.4 Å². The van der Waals surface area contributed by atoms with Crippen molar-refractivity contribution >= 4 is 65.7 Å². The lowest BCUT2D eigenvalue weighted by molar-refractivity contribution is -0.0587. The number of nitrogen functional groups attached to an aromatic ring is 1. The zero-order chi connectivity index (χ0) is 31.0. The second kappa shape index (κ2) is 11.1. The number of aromatic nitrogens is 8. The number of anilines is 1. The van der Waals surface area contributed by atoms with Crippen LogP contribution in [0.3, 0.4) is 0 Å². The molecule has 19 nitrogen and oxygen atoms in total. The Morgan fingerprint density at radius 2 is 1.68 bits per heavy atom. The van der Waals surface area contributed by atoms with Crippen molar-refractivity contribution in [1.82, 2.24) is 39.0 Å². The molecule has 0 spiro atoms.